The van der Waals surface area contributed by atoms with E-state index in [1.165, 1.54) is 42.5 Å². The van der Waals surface area contributed by atoms with Crippen LogP contribution in [0, 0.1) is 18.6 Å². The highest BCUT2D eigenvalue weighted by atomic mass is 79.9. The summed E-state index contributed by atoms with van der Waals surface area (Å²) in [5.74, 6) is -1.54. The first-order chi connectivity index (χ1) is 14.2. The van der Waals surface area contributed by atoms with Crippen LogP contribution in [0.15, 0.2) is 70.0 Å². The number of hydrogen-bond donors (Lipinski definition) is 2. The zero-order valence-corrected chi connectivity index (χ0v) is 18.1. The molecule has 0 unspecified atom stereocenters. The Hall–Kier alpha value is -2.78. The molecule has 0 aliphatic carbocycles. The van der Waals surface area contributed by atoms with Gasteiger partial charge in [0.15, 0.2) is 0 Å². The molecule has 0 saturated carbocycles. The van der Waals surface area contributed by atoms with Crippen molar-refractivity contribution in [3.63, 3.8) is 0 Å². The van der Waals surface area contributed by atoms with Crippen LogP contribution in [0.4, 0.5) is 20.2 Å². The maximum Gasteiger partial charge on any atom is 0.262 e. The molecule has 0 bridgehead atoms. The van der Waals surface area contributed by atoms with Gasteiger partial charge in [0.05, 0.1) is 21.5 Å². The van der Waals surface area contributed by atoms with Gasteiger partial charge in [0.25, 0.3) is 10.0 Å². The molecule has 2 N–H and O–H groups in total. The molecule has 0 aromatic heterocycles. The molecule has 156 valence electrons. The van der Waals surface area contributed by atoms with E-state index < -0.39 is 27.6 Å². The number of carbonyl (C=O) groups excluding carboxylic acids is 1. The molecule has 0 atom stereocenters. The van der Waals surface area contributed by atoms with E-state index in [0.29, 0.717) is 11.1 Å². The van der Waals surface area contributed by atoms with Crippen LogP contribution in [0.2, 0.25) is 0 Å². The van der Waals surface area contributed by atoms with Crippen molar-refractivity contribution >= 4 is 43.2 Å². The van der Waals surface area contributed by atoms with Gasteiger partial charge in [0, 0.05) is 5.69 Å². The van der Waals surface area contributed by atoms with Gasteiger partial charge < -0.3 is 5.32 Å². The van der Waals surface area contributed by atoms with E-state index in [0.717, 1.165) is 6.07 Å². The lowest BCUT2D eigenvalue weighted by Gasteiger charge is -2.13. The lowest BCUT2D eigenvalue weighted by molar-refractivity contribution is -0.115. The number of halogens is 3. The molecule has 5 nitrogen and oxygen atoms in total. The van der Waals surface area contributed by atoms with Crippen molar-refractivity contribution in [1.29, 1.82) is 0 Å². The summed E-state index contributed by atoms with van der Waals surface area (Å²) in [5, 5.41) is 2.63. The molecule has 0 saturated heterocycles. The molecule has 0 aliphatic heterocycles. The van der Waals surface area contributed by atoms with Crippen LogP contribution < -0.4 is 10.0 Å². The maximum atomic E-state index is 13.8. The number of benzene rings is 3. The monoisotopic (exact) mass is 494 g/mol. The minimum absolute atomic E-state index is 0.0255. The number of hydrogen-bond acceptors (Lipinski definition) is 3. The number of para-hydroxylation sites is 1. The lowest BCUT2D eigenvalue weighted by Crippen LogP contribution is -2.17. The van der Waals surface area contributed by atoms with Gasteiger partial charge in [-0.2, -0.15) is 0 Å². The molecule has 0 radical (unpaired) electrons. The van der Waals surface area contributed by atoms with Crippen LogP contribution in [-0.4, -0.2) is 14.3 Å². The number of rotatable bonds is 6. The zero-order valence-electron chi connectivity index (χ0n) is 15.7. The van der Waals surface area contributed by atoms with Crippen LogP contribution in [0.3, 0.4) is 0 Å². The Morgan fingerprint density at radius 1 is 1.00 bits per heavy atom. The highest BCUT2D eigenvalue weighted by Crippen LogP contribution is 2.24. The summed E-state index contributed by atoms with van der Waals surface area (Å²) in [6, 6.07) is 14.1. The summed E-state index contributed by atoms with van der Waals surface area (Å²) < 4.78 is 55.1. The van der Waals surface area contributed by atoms with Crippen LogP contribution in [0.25, 0.3) is 0 Å². The van der Waals surface area contributed by atoms with Crippen molar-refractivity contribution < 1.29 is 22.0 Å². The third-order valence-electron chi connectivity index (χ3n) is 4.23. The first-order valence-electron chi connectivity index (χ1n) is 8.77. The fraction of sp³-hybridized carbons (Fsp3) is 0.0952. The summed E-state index contributed by atoms with van der Waals surface area (Å²) in [5.41, 5.74) is 1.11. The summed E-state index contributed by atoms with van der Waals surface area (Å²) in [4.78, 5) is 12.2. The number of amides is 1. The second-order valence-corrected chi connectivity index (χ2v) is 9.04. The van der Waals surface area contributed by atoms with Crippen molar-refractivity contribution in [3.05, 3.63) is 87.9 Å². The third-order valence-corrected chi connectivity index (χ3v) is 6.34. The third kappa shape index (κ3) is 5.22. The van der Waals surface area contributed by atoms with E-state index in [-0.39, 0.29) is 27.2 Å². The Kier molecular flexibility index (Phi) is 6.52. The average Bonchev–Trinajstić information content (AvgIpc) is 2.68. The second-order valence-electron chi connectivity index (χ2n) is 6.54. The molecule has 3 rings (SSSR count). The fourth-order valence-corrected chi connectivity index (χ4v) is 4.52. The van der Waals surface area contributed by atoms with E-state index >= 15 is 0 Å². The SMILES string of the molecule is Cc1ccc(NC(=O)Cc2ccc(F)c(Br)c2)cc1S(=O)(=O)Nc1ccccc1F. The fourth-order valence-electron chi connectivity index (χ4n) is 2.75. The normalized spacial score (nSPS) is 11.2. The maximum absolute atomic E-state index is 13.8. The molecule has 0 aliphatic rings. The van der Waals surface area contributed by atoms with Crippen molar-refractivity contribution in [2.75, 3.05) is 10.0 Å². The van der Waals surface area contributed by atoms with Gasteiger partial charge in [-0.25, -0.2) is 17.2 Å². The first kappa shape index (κ1) is 21.9. The van der Waals surface area contributed by atoms with Gasteiger partial charge in [-0.15, -0.1) is 0 Å². The summed E-state index contributed by atoms with van der Waals surface area (Å²) in [6.07, 6.45) is -0.0255. The highest BCUT2D eigenvalue weighted by molar-refractivity contribution is 9.10. The molecule has 0 spiro atoms. The predicted molar refractivity (Wildman–Crippen MR) is 115 cm³/mol. The van der Waals surface area contributed by atoms with Gasteiger partial charge in [0.2, 0.25) is 5.91 Å². The Morgan fingerprint density at radius 2 is 1.73 bits per heavy atom. The molecule has 9 heteroatoms. The van der Waals surface area contributed by atoms with E-state index in [1.807, 2.05) is 0 Å². The molecular formula is C21H17BrF2N2O3S. The average molecular weight is 495 g/mol. The minimum atomic E-state index is -4.08. The Morgan fingerprint density at radius 3 is 2.43 bits per heavy atom. The highest BCUT2D eigenvalue weighted by Gasteiger charge is 2.19. The second kappa shape index (κ2) is 8.93. The van der Waals surface area contributed by atoms with Gasteiger partial charge in [-0.1, -0.05) is 24.3 Å². The number of sulfonamides is 1. The molecular weight excluding hydrogens is 478 g/mol. The minimum Gasteiger partial charge on any atom is -0.326 e. The van der Waals surface area contributed by atoms with Gasteiger partial charge in [0.1, 0.15) is 11.6 Å². The van der Waals surface area contributed by atoms with E-state index in [2.05, 4.69) is 26.0 Å². The number of nitrogens with one attached hydrogen (secondary N) is 2. The molecule has 0 fully saturated rings. The molecule has 0 heterocycles. The lowest BCUT2D eigenvalue weighted by atomic mass is 10.1. The van der Waals surface area contributed by atoms with E-state index in [4.69, 9.17) is 0 Å². The number of aryl methyl sites for hydroxylation is 1. The van der Waals surface area contributed by atoms with Crippen molar-refractivity contribution in [3.8, 4) is 0 Å². The molecule has 3 aromatic rings. The topological polar surface area (TPSA) is 75.3 Å². The molecule has 3 aromatic carbocycles. The van der Waals surface area contributed by atoms with E-state index in [9.17, 15) is 22.0 Å². The Labute approximate surface area is 181 Å². The number of anilines is 2. The Balaban J connectivity index is 1.79. The number of carbonyl (C=O) groups is 1. The quantitative estimate of drug-likeness (QED) is 0.505. The smallest absolute Gasteiger partial charge is 0.262 e. The molecule has 1 amide bonds. The van der Waals surface area contributed by atoms with Crippen molar-refractivity contribution in [2.45, 2.75) is 18.2 Å². The Bertz CT molecular complexity index is 1220. The van der Waals surface area contributed by atoms with Crippen LogP contribution in [0.1, 0.15) is 11.1 Å². The van der Waals surface area contributed by atoms with Gasteiger partial charge in [-0.05, 0) is 70.4 Å². The summed E-state index contributed by atoms with van der Waals surface area (Å²) >= 11 is 3.07. The van der Waals surface area contributed by atoms with Gasteiger partial charge in [-0.3, -0.25) is 9.52 Å². The predicted octanol–water partition coefficient (Wildman–Crippen LogP) is 5.02. The summed E-state index contributed by atoms with van der Waals surface area (Å²) in [6.45, 7) is 1.59. The first-order valence-corrected chi connectivity index (χ1v) is 11.0. The van der Waals surface area contributed by atoms with Crippen molar-refractivity contribution in [1.82, 2.24) is 0 Å². The standard InChI is InChI=1S/C21H17BrF2N2O3S/c1-13-6-8-15(25-21(27)11-14-7-9-17(23)16(22)10-14)12-20(13)30(28,29)26-19-5-3-2-4-18(19)24/h2-10,12,26H,11H2,1H3,(H,25,27). The van der Waals surface area contributed by atoms with Crippen LogP contribution >= 0.6 is 15.9 Å². The van der Waals surface area contributed by atoms with Crippen LogP contribution in [-0.2, 0) is 21.2 Å². The molecule has 30 heavy (non-hydrogen) atoms. The zero-order chi connectivity index (χ0) is 21.9. The van der Waals surface area contributed by atoms with Gasteiger partial charge >= 0.3 is 0 Å². The van der Waals surface area contributed by atoms with E-state index in [1.54, 1.807) is 19.1 Å². The summed E-state index contributed by atoms with van der Waals surface area (Å²) in [7, 11) is -4.08. The van der Waals surface area contributed by atoms with Crippen molar-refractivity contribution in [2.24, 2.45) is 0 Å². The largest absolute Gasteiger partial charge is 0.326 e. The van der Waals surface area contributed by atoms with Crippen LogP contribution in [0.5, 0.6) is 0 Å².